The molecule has 0 N–H and O–H groups in total. The van der Waals surface area contributed by atoms with Crippen LogP contribution < -0.4 is 0 Å². The number of hydrogen-bond acceptors (Lipinski definition) is 0. The molecule has 0 aromatic heterocycles. The number of benzene rings is 25. The predicted molar refractivity (Wildman–Crippen MR) is 639 cm³/mol. The van der Waals surface area contributed by atoms with Gasteiger partial charge in [0.1, 0.15) is 0 Å². The maximum Gasteiger partial charge on any atom is 0.0713 e. The van der Waals surface area contributed by atoms with Crippen molar-refractivity contribution in [3.05, 3.63) is 636 Å². The van der Waals surface area contributed by atoms with Crippen molar-refractivity contribution in [2.24, 2.45) is 0 Å². The first-order valence-electron chi connectivity index (χ1n) is 51.7. The molecule has 0 spiro atoms. The highest BCUT2D eigenvalue weighted by Crippen LogP contribution is 2.57. The summed E-state index contributed by atoms with van der Waals surface area (Å²) in [6, 6.07) is 200. The molecule has 714 valence electrons. The molecular weight excluding hydrogens is 1780 g/mol. The molecule has 2 aliphatic rings. The van der Waals surface area contributed by atoms with Crippen molar-refractivity contribution in [1.29, 1.82) is 0 Å². The highest BCUT2D eigenvalue weighted by molar-refractivity contribution is 6.02. The Hall–Kier alpha value is -17.7. The van der Waals surface area contributed by atoms with Crippen LogP contribution in [0.3, 0.4) is 0 Å². The summed E-state index contributed by atoms with van der Waals surface area (Å²) in [4.78, 5) is 0. The summed E-state index contributed by atoms with van der Waals surface area (Å²) < 4.78 is 0. The number of aryl methyl sites for hydroxylation is 8. The van der Waals surface area contributed by atoms with Crippen molar-refractivity contribution in [2.75, 3.05) is 0 Å². The zero-order valence-electron chi connectivity index (χ0n) is 86.1. The van der Waals surface area contributed by atoms with Gasteiger partial charge in [0, 0.05) is 5.41 Å². The number of hydrogen-bond donors (Lipinski definition) is 0. The Kier molecular flexibility index (Phi) is 29.5. The normalized spacial score (nSPS) is 11.8. The van der Waals surface area contributed by atoms with Crippen molar-refractivity contribution in [3.63, 3.8) is 0 Å². The number of fused-ring (bicyclic) bond motifs is 13. The Morgan fingerprint density at radius 1 is 0.128 bits per heavy atom. The maximum atomic E-state index is 2.37. The third-order valence-electron chi connectivity index (χ3n) is 29.2. The smallest absolute Gasteiger partial charge is 0.0622 e. The van der Waals surface area contributed by atoms with Gasteiger partial charge in [-0.1, -0.05) is 564 Å². The van der Waals surface area contributed by atoms with E-state index >= 15 is 0 Å². The lowest BCUT2D eigenvalue weighted by Gasteiger charge is -2.34. The molecule has 0 fully saturated rings. The monoisotopic (exact) mass is 1900 g/mol. The molecule has 0 heterocycles. The quantitative estimate of drug-likeness (QED) is 0.142. The summed E-state index contributed by atoms with van der Waals surface area (Å²) in [6.45, 7) is 21.9. The van der Waals surface area contributed by atoms with E-state index in [-0.39, 0.29) is 10.8 Å². The van der Waals surface area contributed by atoms with E-state index in [2.05, 4.69) is 627 Å². The summed E-state index contributed by atoms with van der Waals surface area (Å²) in [5.41, 5.74) is 39.6. The van der Waals surface area contributed by atoms with Crippen molar-refractivity contribution < 1.29 is 0 Å². The van der Waals surface area contributed by atoms with Gasteiger partial charge in [0.2, 0.25) is 0 Å². The fourth-order valence-corrected chi connectivity index (χ4v) is 21.8. The Labute approximate surface area is 874 Å². The third-order valence-corrected chi connectivity index (χ3v) is 29.2. The zero-order chi connectivity index (χ0) is 101. The molecule has 25 aromatic rings. The van der Waals surface area contributed by atoms with Gasteiger partial charge in [-0.3, -0.25) is 0 Å². The van der Waals surface area contributed by atoms with E-state index in [4.69, 9.17) is 0 Å². The van der Waals surface area contributed by atoms with Crippen LogP contribution in [0.4, 0.5) is 0 Å². The Balaban J connectivity index is 0.000000104. The molecule has 0 atom stereocenters. The van der Waals surface area contributed by atoms with Crippen molar-refractivity contribution in [2.45, 2.75) is 80.1 Å². The third kappa shape index (κ3) is 21.3. The van der Waals surface area contributed by atoms with E-state index in [1.807, 2.05) is 0 Å². The zero-order valence-corrected chi connectivity index (χ0v) is 86.1. The molecule has 0 heteroatoms. The number of rotatable bonds is 8. The van der Waals surface area contributed by atoms with Crippen LogP contribution in [-0.4, -0.2) is 0 Å². The van der Waals surface area contributed by atoms with Gasteiger partial charge in [-0.05, 0) is 305 Å². The van der Waals surface area contributed by atoms with E-state index in [1.165, 1.54) is 242 Å². The van der Waals surface area contributed by atoms with E-state index < -0.39 is 0 Å². The summed E-state index contributed by atoms with van der Waals surface area (Å²) >= 11 is 0. The van der Waals surface area contributed by atoms with Crippen LogP contribution in [0, 0.1) is 55.4 Å². The van der Waals surface area contributed by atoms with Crippen molar-refractivity contribution >= 4 is 75.4 Å². The van der Waals surface area contributed by atoms with Crippen molar-refractivity contribution in [1.82, 2.24) is 0 Å². The molecule has 0 nitrogen and oxygen atoms in total. The van der Waals surface area contributed by atoms with E-state index in [9.17, 15) is 0 Å². The Bertz CT molecular complexity index is 8860. The Morgan fingerprint density at radius 2 is 0.426 bits per heavy atom. The first kappa shape index (κ1) is 97.7. The SMILES string of the molecule is Cc1cc(-c2ccc3ccccc3c2)cc(-c2cccc3ccccc23)c1.Cc1cc(-c2ccccc2)cc(-c2ccc3ccccc3c2)c1.Cc1ccc(-c2ccccc2)c2ccccc12.Cc1ccc2c(c1)C(C)(C)c1ccccc1-2.Cc1ccc2c(c1)C(c1ccccc1)(c1ccccc1)c1ccccc1-2.Cc1ccc2ccccc2c1.Cc1cccc2c(-c3ccccc3)cccc12.Cc1cccc2ccccc12. The molecule has 25 aromatic carbocycles. The summed E-state index contributed by atoms with van der Waals surface area (Å²) in [5, 5.41) is 18.4. The van der Waals surface area contributed by atoms with Gasteiger partial charge in [0.25, 0.3) is 0 Å². The lowest BCUT2D eigenvalue weighted by Crippen LogP contribution is -2.28. The van der Waals surface area contributed by atoms with Gasteiger partial charge in [-0.25, -0.2) is 0 Å². The van der Waals surface area contributed by atoms with Crippen LogP contribution in [-0.2, 0) is 10.8 Å². The molecule has 0 aliphatic heterocycles. The molecule has 0 amide bonds. The molecule has 0 radical (unpaired) electrons. The average Bonchev–Trinajstić information content (AvgIpc) is 1.53. The van der Waals surface area contributed by atoms with Gasteiger partial charge < -0.3 is 0 Å². The van der Waals surface area contributed by atoms with Crippen LogP contribution in [0.1, 0.15) is 91.7 Å². The largest absolute Gasteiger partial charge is 0.0713 e. The lowest BCUT2D eigenvalue weighted by atomic mass is 9.67. The predicted octanol–water partition coefficient (Wildman–Crippen LogP) is 40.7. The van der Waals surface area contributed by atoms with Gasteiger partial charge in [0.05, 0.1) is 5.41 Å². The summed E-state index contributed by atoms with van der Waals surface area (Å²) in [6.07, 6.45) is 0. The molecule has 2 aliphatic carbocycles. The van der Waals surface area contributed by atoms with Crippen LogP contribution in [0.15, 0.2) is 558 Å². The Morgan fingerprint density at radius 3 is 0.959 bits per heavy atom. The van der Waals surface area contributed by atoms with Gasteiger partial charge >= 0.3 is 0 Å². The highest BCUT2D eigenvalue weighted by Gasteiger charge is 2.46. The molecular formula is C148H122. The minimum absolute atomic E-state index is 0.151. The topological polar surface area (TPSA) is 0 Å². The standard InChI is InChI=1S/C27H20.C26H20.C23H18.2C17H14.C16H16.2C11H10/c1-19-15-24(23-14-13-20-7-2-3-9-22(20)17-23)18-25(16-19)27-12-6-10-21-8-4-5-11-26(21)27;1-19-16-17-23-22-14-8-9-15-24(22)26(25(23)18-19,20-10-4-2-5-11-20)21-12-6-3-7-13-21;1-17-13-22(18-7-3-2-4-8-18)16-23(14-17)21-12-11-19-9-5-6-10-20(19)15-21;1-13-7-5-12-17-15(13)10-6-11-16(17)14-8-3-2-4-9-14;1-13-11-12-16(14-7-3-2-4-8-14)17-10-6-5-9-15(13)17;1-11-8-9-13-12-6-4-5-7-14(12)16(2,3)15(13)10-11;1-9-5-4-7-10-6-2-3-8-11(9)10;1-9-6-7-10-4-2-3-5-11(10)8-9/h2-18H,1H3;2-18H,1H3;2-16H,1H3;2*2-12H,1H3;4-10H,1-3H3;2*2-8H,1H3. The van der Waals surface area contributed by atoms with E-state index in [0.29, 0.717) is 0 Å². The first-order chi connectivity index (χ1) is 72.4. The van der Waals surface area contributed by atoms with Gasteiger partial charge in [0.15, 0.2) is 0 Å². The van der Waals surface area contributed by atoms with Crippen LogP contribution >= 0.6 is 0 Å². The molecule has 0 bridgehead atoms. The second-order valence-corrected chi connectivity index (χ2v) is 39.8. The van der Waals surface area contributed by atoms with Gasteiger partial charge in [-0.15, -0.1) is 0 Å². The minimum Gasteiger partial charge on any atom is -0.0622 e. The second-order valence-electron chi connectivity index (χ2n) is 39.8. The van der Waals surface area contributed by atoms with Crippen molar-refractivity contribution in [3.8, 4) is 89.0 Å². The molecule has 148 heavy (non-hydrogen) atoms. The molecule has 0 unspecified atom stereocenters. The fraction of sp³-hybridized carbons (Fsp3) is 0.0811. The molecule has 27 rings (SSSR count). The van der Waals surface area contributed by atoms with E-state index in [1.54, 1.807) is 0 Å². The fourth-order valence-electron chi connectivity index (χ4n) is 21.8. The highest BCUT2D eigenvalue weighted by atomic mass is 14.5. The molecule has 0 saturated heterocycles. The minimum atomic E-state index is -0.263. The maximum absolute atomic E-state index is 2.37. The summed E-state index contributed by atoms with van der Waals surface area (Å²) in [7, 11) is 0. The van der Waals surface area contributed by atoms with Crippen LogP contribution in [0.25, 0.3) is 164 Å². The molecule has 0 saturated carbocycles. The van der Waals surface area contributed by atoms with Crippen LogP contribution in [0.5, 0.6) is 0 Å². The van der Waals surface area contributed by atoms with Gasteiger partial charge in [-0.2, -0.15) is 0 Å². The van der Waals surface area contributed by atoms with Crippen LogP contribution in [0.2, 0.25) is 0 Å². The average molecular weight is 1900 g/mol. The lowest BCUT2D eigenvalue weighted by molar-refractivity contribution is 0.660. The second kappa shape index (κ2) is 44.7. The van der Waals surface area contributed by atoms with E-state index in [0.717, 1.165) is 0 Å². The summed E-state index contributed by atoms with van der Waals surface area (Å²) in [5.74, 6) is 0. The first-order valence-corrected chi connectivity index (χ1v) is 51.7.